The van der Waals surface area contributed by atoms with E-state index in [1.807, 2.05) is 0 Å². The number of hydrogen-bond acceptors (Lipinski definition) is 1. The van der Waals surface area contributed by atoms with Crippen LogP contribution in [-0.2, 0) is 5.41 Å². The lowest BCUT2D eigenvalue weighted by molar-refractivity contribution is 0.533. The van der Waals surface area contributed by atoms with Gasteiger partial charge in [0, 0.05) is 6.04 Å². The minimum absolute atomic E-state index is 0.344. The number of nitrogens with two attached hydrogens (primary N) is 1. The molecule has 0 radical (unpaired) electrons. The molecule has 1 aliphatic rings. The fourth-order valence-electron chi connectivity index (χ4n) is 2.13. The van der Waals surface area contributed by atoms with Gasteiger partial charge < -0.3 is 5.73 Å². The predicted molar refractivity (Wildman–Crippen MR) is 60.2 cm³/mol. The minimum Gasteiger partial charge on any atom is -0.328 e. The smallest absolute Gasteiger partial charge is 0.00108 e. The van der Waals surface area contributed by atoms with Gasteiger partial charge in [-0.05, 0) is 43.6 Å². The van der Waals surface area contributed by atoms with Crippen LogP contribution in [0.3, 0.4) is 0 Å². The van der Waals surface area contributed by atoms with Gasteiger partial charge in [-0.15, -0.1) is 0 Å². The van der Waals surface area contributed by atoms with E-state index < -0.39 is 0 Å². The molecule has 2 N–H and O–H groups in total. The third-order valence-electron chi connectivity index (χ3n) is 3.32. The fourth-order valence-corrected chi connectivity index (χ4v) is 2.13. The molecular formula is C13H19N. The van der Waals surface area contributed by atoms with Crippen LogP contribution < -0.4 is 5.73 Å². The molecule has 1 atom stereocenters. The van der Waals surface area contributed by atoms with Crippen molar-refractivity contribution in [1.29, 1.82) is 0 Å². The van der Waals surface area contributed by atoms with Crippen LogP contribution in [0.1, 0.15) is 38.2 Å². The first-order chi connectivity index (χ1) is 6.73. The largest absolute Gasteiger partial charge is 0.328 e. The lowest BCUT2D eigenvalue weighted by Crippen LogP contribution is -2.18. The van der Waals surface area contributed by atoms with Crippen molar-refractivity contribution in [3.8, 4) is 0 Å². The highest BCUT2D eigenvalue weighted by Crippen LogP contribution is 2.51. The van der Waals surface area contributed by atoms with E-state index >= 15 is 0 Å². The van der Waals surface area contributed by atoms with E-state index in [2.05, 4.69) is 37.3 Å². The van der Waals surface area contributed by atoms with E-state index in [0.29, 0.717) is 11.5 Å². The van der Waals surface area contributed by atoms with Gasteiger partial charge in [0.25, 0.3) is 0 Å². The lowest BCUT2D eigenvalue weighted by Gasteiger charge is -2.16. The van der Waals surface area contributed by atoms with Crippen LogP contribution in [0.2, 0.25) is 0 Å². The van der Waals surface area contributed by atoms with Gasteiger partial charge in [-0.25, -0.2) is 0 Å². The average Bonchev–Trinajstić information content (AvgIpc) is 2.97. The Kier molecular flexibility index (Phi) is 2.60. The van der Waals surface area contributed by atoms with Crippen molar-refractivity contribution in [1.82, 2.24) is 0 Å². The quantitative estimate of drug-likeness (QED) is 0.774. The first kappa shape index (κ1) is 9.72. The Morgan fingerprint density at radius 3 is 2.43 bits per heavy atom. The first-order valence-corrected chi connectivity index (χ1v) is 5.54. The molecule has 0 aromatic heterocycles. The molecule has 1 fully saturated rings. The van der Waals surface area contributed by atoms with Gasteiger partial charge in [-0.2, -0.15) is 0 Å². The molecule has 0 amide bonds. The van der Waals surface area contributed by atoms with E-state index in [1.54, 1.807) is 0 Å². The van der Waals surface area contributed by atoms with E-state index in [0.717, 1.165) is 6.42 Å². The molecular weight excluding hydrogens is 170 g/mol. The molecule has 0 bridgehead atoms. The maximum absolute atomic E-state index is 5.81. The van der Waals surface area contributed by atoms with Crippen molar-refractivity contribution < 1.29 is 0 Å². The van der Waals surface area contributed by atoms with Gasteiger partial charge >= 0.3 is 0 Å². The molecule has 0 saturated heterocycles. The standard InChI is InChI=1S/C13H19N/c1-11(14)7-8-13(9-10-13)12-5-3-2-4-6-12/h2-6,11H,7-10,14H2,1H3/t11-/m1/s1. The monoisotopic (exact) mass is 189 g/mol. The summed E-state index contributed by atoms with van der Waals surface area (Å²) in [4.78, 5) is 0. The summed E-state index contributed by atoms with van der Waals surface area (Å²) in [7, 11) is 0. The summed E-state index contributed by atoms with van der Waals surface area (Å²) in [5.74, 6) is 0. The van der Waals surface area contributed by atoms with Gasteiger partial charge in [0.2, 0.25) is 0 Å². The first-order valence-electron chi connectivity index (χ1n) is 5.54. The molecule has 1 nitrogen and oxygen atoms in total. The normalized spacial score (nSPS) is 20.4. The molecule has 1 aliphatic carbocycles. The second-order valence-electron chi connectivity index (χ2n) is 4.66. The lowest BCUT2D eigenvalue weighted by atomic mass is 9.90. The van der Waals surface area contributed by atoms with Crippen molar-refractivity contribution >= 4 is 0 Å². The molecule has 0 aliphatic heterocycles. The van der Waals surface area contributed by atoms with Gasteiger partial charge in [0.05, 0.1) is 0 Å². The minimum atomic E-state index is 0.344. The highest BCUT2D eigenvalue weighted by Gasteiger charge is 2.43. The highest BCUT2D eigenvalue weighted by atomic mass is 14.6. The molecule has 1 heteroatoms. The average molecular weight is 189 g/mol. The number of benzene rings is 1. The number of hydrogen-bond donors (Lipinski definition) is 1. The molecule has 1 aromatic rings. The van der Waals surface area contributed by atoms with Crippen LogP contribution in [0.4, 0.5) is 0 Å². The second kappa shape index (κ2) is 3.74. The molecule has 76 valence electrons. The van der Waals surface area contributed by atoms with Crippen molar-refractivity contribution in [2.75, 3.05) is 0 Å². The maximum atomic E-state index is 5.81. The molecule has 0 unspecified atom stereocenters. The van der Waals surface area contributed by atoms with Gasteiger partial charge in [-0.1, -0.05) is 30.3 Å². The van der Waals surface area contributed by atoms with Crippen molar-refractivity contribution in [2.24, 2.45) is 5.73 Å². The van der Waals surface area contributed by atoms with Crippen LogP contribution in [0, 0.1) is 0 Å². The zero-order chi connectivity index (χ0) is 10.0. The zero-order valence-corrected chi connectivity index (χ0v) is 8.87. The zero-order valence-electron chi connectivity index (χ0n) is 8.87. The van der Waals surface area contributed by atoms with Gasteiger partial charge in [-0.3, -0.25) is 0 Å². The van der Waals surface area contributed by atoms with E-state index in [1.165, 1.54) is 24.8 Å². The summed E-state index contributed by atoms with van der Waals surface area (Å²) in [6.07, 6.45) is 5.11. The van der Waals surface area contributed by atoms with E-state index in [-0.39, 0.29) is 0 Å². The van der Waals surface area contributed by atoms with Crippen molar-refractivity contribution in [3.63, 3.8) is 0 Å². The van der Waals surface area contributed by atoms with E-state index in [4.69, 9.17) is 5.73 Å². The Bertz CT molecular complexity index is 285. The second-order valence-corrected chi connectivity index (χ2v) is 4.66. The van der Waals surface area contributed by atoms with Crippen LogP contribution >= 0.6 is 0 Å². The molecule has 1 aromatic carbocycles. The molecule has 2 rings (SSSR count). The number of rotatable bonds is 4. The summed E-state index contributed by atoms with van der Waals surface area (Å²) in [5, 5.41) is 0. The predicted octanol–water partition coefficient (Wildman–Crippen LogP) is 2.85. The van der Waals surface area contributed by atoms with Crippen LogP contribution in [0.5, 0.6) is 0 Å². The third-order valence-corrected chi connectivity index (χ3v) is 3.32. The SMILES string of the molecule is C[C@@H](N)CCC1(c2ccccc2)CC1. The maximum Gasteiger partial charge on any atom is 0.00108 e. The van der Waals surface area contributed by atoms with Crippen LogP contribution in [-0.4, -0.2) is 6.04 Å². The highest BCUT2D eigenvalue weighted by molar-refractivity contribution is 5.30. The van der Waals surface area contributed by atoms with Crippen LogP contribution in [0.15, 0.2) is 30.3 Å². The summed E-state index contributed by atoms with van der Waals surface area (Å²) in [6, 6.07) is 11.2. The Labute approximate surface area is 86.3 Å². The van der Waals surface area contributed by atoms with Crippen molar-refractivity contribution in [3.05, 3.63) is 35.9 Å². The fraction of sp³-hybridized carbons (Fsp3) is 0.538. The Morgan fingerprint density at radius 2 is 1.93 bits per heavy atom. The Balaban J connectivity index is 2.03. The summed E-state index contributed by atoms with van der Waals surface area (Å²) in [5.41, 5.74) is 7.81. The molecule has 0 spiro atoms. The Hall–Kier alpha value is -0.820. The topological polar surface area (TPSA) is 26.0 Å². The Morgan fingerprint density at radius 1 is 1.29 bits per heavy atom. The van der Waals surface area contributed by atoms with Gasteiger partial charge in [0.1, 0.15) is 0 Å². The molecule has 1 saturated carbocycles. The third kappa shape index (κ3) is 1.98. The van der Waals surface area contributed by atoms with E-state index in [9.17, 15) is 0 Å². The summed E-state index contributed by atoms with van der Waals surface area (Å²) >= 11 is 0. The molecule has 0 heterocycles. The molecule has 14 heavy (non-hydrogen) atoms. The summed E-state index contributed by atoms with van der Waals surface area (Å²) < 4.78 is 0. The van der Waals surface area contributed by atoms with Crippen LogP contribution in [0.25, 0.3) is 0 Å². The van der Waals surface area contributed by atoms with Crippen molar-refractivity contribution in [2.45, 2.75) is 44.1 Å². The summed E-state index contributed by atoms with van der Waals surface area (Å²) in [6.45, 7) is 2.10. The van der Waals surface area contributed by atoms with Gasteiger partial charge in [0.15, 0.2) is 0 Å².